The van der Waals surface area contributed by atoms with Gasteiger partial charge >= 0.3 is 0 Å². The fraction of sp³-hybridized carbons (Fsp3) is 0.118. The van der Waals surface area contributed by atoms with Crippen LogP contribution in [0.2, 0.25) is 0 Å². The van der Waals surface area contributed by atoms with E-state index in [4.69, 9.17) is 11.0 Å². The Bertz CT molecular complexity index is 749. The van der Waals surface area contributed by atoms with Crippen LogP contribution in [0.25, 0.3) is 0 Å². The number of rotatable bonds is 5. The molecule has 6 heteroatoms. The van der Waals surface area contributed by atoms with Crippen molar-refractivity contribution in [2.45, 2.75) is 12.5 Å². The molecule has 0 saturated heterocycles. The molecule has 0 aliphatic carbocycles. The van der Waals surface area contributed by atoms with Crippen molar-refractivity contribution in [2.75, 3.05) is 0 Å². The summed E-state index contributed by atoms with van der Waals surface area (Å²) in [4.78, 5) is 23.6. The zero-order valence-corrected chi connectivity index (χ0v) is 12.1. The maximum absolute atomic E-state index is 12.9. The summed E-state index contributed by atoms with van der Waals surface area (Å²) in [5, 5.41) is 11.3. The largest absolute Gasteiger partial charge is 0.368 e. The molecule has 2 amide bonds. The predicted octanol–water partition coefficient (Wildman–Crippen LogP) is 1.52. The molecule has 0 radical (unpaired) electrons. The van der Waals surface area contributed by atoms with E-state index in [-0.39, 0.29) is 12.0 Å². The van der Waals surface area contributed by atoms with E-state index in [0.29, 0.717) is 5.56 Å². The van der Waals surface area contributed by atoms with E-state index in [9.17, 15) is 14.0 Å². The molecule has 2 aromatic rings. The molecule has 0 spiro atoms. The molecule has 2 aromatic carbocycles. The Labute approximate surface area is 132 Å². The molecule has 2 rings (SSSR count). The number of benzene rings is 2. The smallest absolute Gasteiger partial charge is 0.251 e. The Kier molecular flexibility index (Phi) is 5.05. The van der Waals surface area contributed by atoms with Gasteiger partial charge in [0.25, 0.3) is 5.91 Å². The summed E-state index contributed by atoms with van der Waals surface area (Å²) < 4.78 is 12.9. The van der Waals surface area contributed by atoms with Gasteiger partial charge in [-0.15, -0.1) is 0 Å². The Morgan fingerprint density at radius 3 is 2.26 bits per heavy atom. The van der Waals surface area contributed by atoms with Crippen LogP contribution in [0.5, 0.6) is 0 Å². The first kappa shape index (κ1) is 16.2. The van der Waals surface area contributed by atoms with Crippen LogP contribution < -0.4 is 11.1 Å². The summed E-state index contributed by atoms with van der Waals surface area (Å²) >= 11 is 0. The molecule has 0 aliphatic heterocycles. The minimum Gasteiger partial charge on any atom is -0.368 e. The van der Waals surface area contributed by atoms with E-state index in [1.165, 1.54) is 12.1 Å². The molecule has 0 unspecified atom stereocenters. The highest BCUT2D eigenvalue weighted by Crippen LogP contribution is 2.08. The Balaban J connectivity index is 2.09. The van der Waals surface area contributed by atoms with Crippen LogP contribution in [0.3, 0.4) is 0 Å². The molecule has 1 atom stereocenters. The lowest BCUT2D eigenvalue weighted by Gasteiger charge is -2.15. The fourth-order valence-corrected chi connectivity index (χ4v) is 2.02. The van der Waals surface area contributed by atoms with Crippen molar-refractivity contribution < 1.29 is 14.0 Å². The van der Waals surface area contributed by atoms with Gasteiger partial charge in [-0.2, -0.15) is 5.26 Å². The van der Waals surface area contributed by atoms with Gasteiger partial charge in [0.15, 0.2) is 0 Å². The Hall–Kier alpha value is -3.20. The van der Waals surface area contributed by atoms with Crippen molar-refractivity contribution in [3.63, 3.8) is 0 Å². The fourth-order valence-electron chi connectivity index (χ4n) is 2.02. The average molecular weight is 311 g/mol. The second kappa shape index (κ2) is 7.18. The molecule has 0 aliphatic rings. The highest BCUT2D eigenvalue weighted by Gasteiger charge is 2.19. The van der Waals surface area contributed by atoms with E-state index >= 15 is 0 Å². The number of primary amides is 1. The minimum absolute atomic E-state index is 0.202. The monoisotopic (exact) mass is 311 g/mol. The van der Waals surface area contributed by atoms with Crippen molar-refractivity contribution in [3.05, 3.63) is 71.0 Å². The van der Waals surface area contributed by atoms with Gasteiger partial charge in [0.1, 0.15) is 11.9 Å². The van der Waals surface area contributed by atoms with Gasteiger partial charge < -0.3 is 11.1 Å². The van der Waals surface area contributed by atoms with Crippen LogP contribution in [0.4, 0.5) is 4.39 Å². The highest BCUT2D eigenvalue weighted by atomic mass is 19.1. The summed E-state index contributed by atoms with van der Waals surface area (Å²) in [6, 6.07) is 12.7. The Morgan fingerprint density at radius 1 is 1.13 bits per heavy atom. The average Bonchev–Trinajstić information content (AvgIpc) is 2.55. The summed E-state index contributed by atoms with van der Waals surface area (Å²) in [5.74, 6) is -1.64. The molecule has 0 aromatic heterocycles. The summed E-state index contributed by atoms with van der Waals surface area (Å²) in [6.07, 6.45) is 0.202. The van der Waals surface area contributed by atoms with Gasteiger partial charge in [0.2, 0.25) is 5.91 Å². The third-order valence-electron chi connectivity index (χ3n) is 3.28. The number of amides is 2. The first-order valence-electron chi connectivity index (χ1n) is 6.84. The van der Waals surface area contributed by atoms with Gasteiger partial charge in [-0.25, -0.2) is 4.39 Å². The maximum Gasteiger partial charge on any atom is 0.251 e. The van der Waals surface area contributed by atoms with Crippen LogP contribution in [0, 0.1) is 17.1 Å². The van der Waals surface area contributed by atoms with E-state index in [1.807, 2.05) is 6.07 Å². The van der Waals surface area contributed by atoms with Crippen LogP contribution in [0.15, 0.2) is 48.5 Å². The van der Waals surface area contributed by atoms with Crippen molar-refractivity contribution in [1.82, 2.24) is 5.32 Å². The molecule has 23 heavy (non-hydrogen) atoms. The summed E-state index contributed by atoms with van der Waals surface area (Å²) in [5.41, 5.74) is 6.82. The second-order valence-electron chi connectivity index (χ2n) is 4.95. The van der Waals surface area contributed by atoms with Gasteiger partial charge in [0.05, 0.1) is 11.6 Å². The molecule has 3 N–H and O–H groups in total. The molecular formula is C17H14FN3O2. The number of nitriles is 1. The standard InChI is InChI=1S/C17H14FN3O2/c18-14-7-5-13(6-8-14)17(23)21-15(16(20)22)9-11-1-3-12(10-19)4-2-11/h1-8,15H,9H2,(H2,20,22)(H,21,23)/t15-/m1/s1. The quantitative estimate of drug-likeness (QED) is 0.876. The molecule has 116 valence electrons. The van der Waals surface area contributed by atoms with Crippen molar-refractivity contribution >= 4 is 11.8 Å². The van der Waals surface area contributed by atoms with Gasteiger partial charge in [0, 0.05) is 12.0 Å². The van der Waals surface area contributed by atoms with Crippen LogP contribution >= 0.6 is 0 Å². The first-order valence-corrected chi connectivity index (χ1v) is 6.84. The number of nitrogens with zero attached hydrogens (tertiary/aromatic N) is 1. The Morgan fingerprint density at radius 2 is 1.74 bits per heavy atom. The van der Waals surface area contributed by atoms with E-state index in [0.717, 1.165) is 17.7 Å². The van der Waals surface area contributed by atoms with Gasteiger partial charge in [-0.05, 0) is 42.0 Å². The maximum atomic E-state index is 12.9. The normalized spacial score (nSPS) is 11.3. The SMILES string of the molecule is N#Cc1ccc(C[C@@H](NC(=O)c2ccc(F)cc2)C(N)=O)cc1. The van der Waals surface area contributed by atoms with Crippen molar-refractivity contribution in [1.29, 1.82) is 5.26 Å². The number of hydrogen-bond acceptors (Lipinski definition) is 3. The molecule has 0 bridgehead atoms. The number of nitrogens with two attached hydrogens (primary N) is 1. The molecule has 0 saturated carbocycles. The number of carbonyl (C=O) groups is 2. The van der Waals surface area contributed by atoms with Crippen LogP contribution in [-0.2, 0) is 11.2 Å². The van der Waals surface area contributed by atoms with E-state index in [1.54, 1.807) is 24.3 Å². The number of carbonyl (C=O) groups excluding carboxylic acids is 2. The first-order chi connectivity index (χ1) is 11.0. The van der Waals surface area contributed by atoms with E-state index in [2.05, 4.69) is 5.32 Å². The minimum atomic E-state index is -0.902. The molecule has 0 heterocycles. The number of halogens is 1. The van der Waals surface area contributed by atoms with Crippen molar-refractivity contribution in [2.24, 2.45) is 5.73 Å². The van der Waals surface area contributed by atoms with Crippen LogP contribution in [0.1, 0.15) is 21.5 Å². The zero-order chi connectivity index (χ0) is 16.8. The molecule has 0 fully saturated rings. The van der Waals surface area contributed by atoms with Crippen molar-refractivity contribution in [3.8, 4) is 6.07 Å². The van der Waals surface area contributed by atoms with Gasteiger partial charge in [-0.1, -0.05) is 12.1 Å². The second-order valence-corrected chi connectivity index (χ2v) is 4.95. The lowest BCUT2D eigenvalue weighted by molar-refractivity contribution is -0.119. The predicted molar refractivity (Wildman–Crippen MR) is 81.7 cm³/mol. The van der Waals surface area contributed by atoms with Crippen LogP contribution in [-0.4, -0.2) is 17.9 Å². The molecular weight excluding hydrogens is 297 g/mol. The van der Waals surface area contributed by atoms with E-state index < -0.39 is 23.7 Å². The number of hydrogen-bond donors (Lipinski definition) is 2. The third kappa shape index (κ3) is 4.38. The topological polar surface area (TPSA) is 96.0 Å². The summed E-state index contributed by atoms with van der Waals surface area (Å²) in [7, 11) is 0. The summed E-state index contributed by atoms with van der Waals surface area (Å²) in [6.45, 7) is 0. The zero-order valence-electron chi connectivity index (χ0n) is 12.1. The number of nitrogens with one attached hydrogen (secondary N) is 1. The lowest BCUT2D eigenvalue weighted by Crippen LogP contribution is -2.45. The lowest BCUT2D eigenvalue weighted by atomic mass is 10.0. The molecule has 5 nitrogen and oxygen atoms in total. The van der Waals surface area contributed by atoms with Gasteiger partial charge in [-0.3, -0.25) is 9.59 Å². The highest BCUT2D eigenvalue weighted by molar-refractivity contribution is 5.97. The third-order valence-corrected chi connectivity index (χ3v) is 3.28.